The quantitative estimate of drug-likeness (QED) is 0.258. The molecular weight excluding hydrogens is 511 g/mol. The monoisotopic (exact) mass is 528 g/mol. The van der Waals surface area contributed by atoms with Crippen molar-refractivity contribution in [3.63, 3.8) is 0 Å². The first-order valence-electron chi connectivity index (χ1n) is 9.92. The number of nitriles is 1. The second-order valence-corrected chi connectivity index (χ2v) is 8.09. The lowest BCUT2D eigenvalue weighted by molar-refractivity contribution is -0.112. The zero-order valence-corrected chi connectivity index (χ0v) is 19.9. The van der Waals surface area contributed by atoms with Gasteiger partial charge >= 0.3 is 0 Å². The molecule has 0 aliphatic heterocycles. The minimum Gasteiger partial charge on any atom is -0.490 e. The van der Waals surface area contributed by atoms with E-state index < -0.39 is 5.91 Å². The lowest BCUT2D eigenvalue weighted by atomic mass is 10.1. The van der Waals surface area contributed by atoms with Gasteiger partial charge in [-0.3, -0.25) is 4.79 Å². The fourth-order valence-electron chi connectivity index (χ4n) is 2.87. The highest BCUT2D eigenvalue weighted by Crippen LogP contribution is 2.35. The molecule has 0 fully saturated rings. The number of nitrogens with zero attached hydrogens (tertiary/aromatic N) is 1. The summed E-state index contributed by atoms with van der Waals surface area (Å²) in [4.78, 5) is 12.6. The molecule has 1 N–H and O–H groups in total. The standard InChI is InChI=1S/C25H19BrClFN2O3/c1-2-32-23-12-17(11-18(14-29)25(31)30-21-8-6-19(27)7-9-21)22(26)13-24(23)33-15-16-4-3-5-20(28)10-16/h3-13H,2,15H2,1H3,(H,30,31)/b18-11+. The van der Waals surface area contributed by atoms with Gasteiger partial charge in [-0.25, -0.2) is 4.39 Å². The number of carbonyl (C=O) groups is 1. The summed E-state index contributed by atoms with van der Waals surface area (Å²) < 4.78 is 25.5. The number of benzene rings is 3. The van der Waals surface area contributed by atoms with E-state index in [1.807, 2.05) is 13.0 Å². The van der Waals surface area contributed by atoms with Crippen molar-refractivity contribution in [3.05, 3.63) is 92.7 Å². The Morgan fingerprint density at radius 2 is 1.88 bits per heavy atom. The second kappa shape index (κ2) is 11.5. The molecule has 0 unspecified atom stereocenters. The van der Waals surface area contributed by atoms with Crippen LogP contribution in [0.5, 0.6) is 11.5 Å². The van der Waals surface area contributed by atoms with Gasteiger partial charge in [0.05, 0.1) is 6.61 Å². The van der Waals surface area contributed by atoms with Crippen LogP contribution in [0.25, 0.3) is 6.08 Å². The van der Waals surface area contributed by atoms with Gasteiger partial charge in [0.1, 0.15) is 24.1 Å². The van der Waals surface area contributed by atoms with Crippen molar-refractivity contribution < 1.29 is 18.7 Å². The van der Waals surface area contributed by atoms with Crippen LogP contribution in [0.1, 0.15) is 18.1 Å². The molecule has 33 heavy (non-hydrogen) atoms. The molecule has 0 spiro atoms. The van der Waals surface area contributed by atoms with E-state index in [1.165, 1.54) is 18.2 Å². The van der Waals surface area contributed by atoms with Crippen LogP contribution >= 0.6 is 27.5 Å². The van der Waals surface area contributed by atoms with Crippen LogP contribution in [-0.4, -0.2) is 12.5 Å². The molecule has 1 amide bonds. The molecule has 0 aliphatic carbocycles. The Labute approximate surface area is 204 Å². The van der Waals surface area contributed by atoms with Crippen molar-refractivity contribution >= 4 is 45.2 Å². The Kier molecular flexibility index (Phi) is 8.47. The summed E-state index contributed by atoms with van der Waals surface area (Å²) in [7, 11) is 0. The molecule has 168 valence electrons. The number of carbonyl (C=O) groups excluding carboxylic acids is 1. The van der Waals surface area contributed by atoms with Crippen molar-refractivity contribution in [1.29, 1.82) is 5.26 Å². The highest BCUT2D eigenvalue weighted by Gasteiger charge is 2.14. The molecule has 0 radical (unpaired) electrons. The first-order chi connectivity index (χ1) is 15.9. The lowest BCUT2D eigenvalue weighted by Crippen LogP contribution is -2.13. The summed E-state index contributed by atoms with van der Waals surface area (Å²) in [5, 5.41) is 12.7. The zero-order chi connectivity index (χ0) is 23.8. The molecule has 0 atom stereocenters. The Morgan fingerprint density at radius 3 is 2.55 bits per heavy atom. The molecule has 0 saturated carbocycles. The summed E-state index contributed by atoms with van der Waals surface area (Å²) in [6.45, 7) is 2.35. The normalized spacial score (nSPS) is 10.9. The van der Waals surface area contributed by atoms with Crippen LogP contribution in [0.15, 0.2) is 70.7 Å². The number of hydrogen-bond acceptors (Lipinski definition) is 4. The molecule has 8 heteroatoms. The van der Waals surface area contributed by atoms with Gasteiger partial charge in [-0.2, -0.15) is 5.26 Å². The molecule has 3 aromatic rings. The average Bonchev–Trinajstić information content (AvgIpc) is 2.79. The Bertz CT molecular complexity index is 1220. The minimum absolute atomic E-state index is 0.0958. The first-order valence-corrected chi connectivity index (χ1v) is 11.1. The summed E-state index contributed by atoms with van der Waals surface area (Å²) in [6, 6.07) is 18.0. The van der Waals surface area contributed by atoms with E-state index in [2.05, 4.69) is 21.2 Å². The van der Waals surface area contributed by atoms with E-state index in [9.17, 15) is 14.4 Å². The van der Waals surface area contributed by atoms with E-state index >= 15 is 0 Å². The summed E-state index contributed by atoms with van der Waals surface area (Å²) in [5.41, 5.74) is 1.64. The van der Waals surface area contributed by atoms with Crippen molar-refractivity contribution in [1.82, 2.24) is 0 Å². The zero-order valence-electron chi connectivity index (χ0n) is 17.6. The SMILES string of the molecule is CCOc1cc(/C=C(\C#N)C(=O)Nc2ccc(Cl)cc2)c(Br)cc1OCc1cccc(F)c1. The van der Waals surface area contributed by atoms with Gasteiger partial charge in [0, 0.05) is 15.2 Å². The van der Waals surface area contributed by atoms with E-state index in [4.69, 9.17) is 21.1 Å². The van der Waals surface area contributed by atoms with Gasteiger partial charge in [-0.1, -0.05) is 39.7 Å². The third-order valence-electron chi connectivity index (χ3n) is 4.41. The third-order valence-corrected chi connectivity index (χ3v) is 5.35. The third kappa shape index (κ3) is 6.82. The van der Waals surface area contributed by atoms with Crippen LogP contribution in [-0.2, 0) is 11.4 Å². The van der Waals surface area contributed by atoms with Gasteiger partial charge in [0.2, 0.25) is 0 Å². The second-order valence-electron chi connectivity index (χ2n) is 6.80. The molecule has 3 rings (SSSR count). The molecule has 0 bridgehead atoms. The largest absolute Gasteiger partial charge is 0.490 e. The average molecular weight is 530 g/mol. The number of hydrogen-bond donors (Lipinski definition) is 1. The predicted molar refractivity (Wildman–Crippen MR) is 130 cm³/mol. The molecular formula is C25H19BrClFN2O3. The summed E-state index contributed by atoms with van der Waals surface area (Å²) in [6.07, 6.45) is 1.45. The van der Waals surface area contributed by atoms with Gasteiger partial charge in [-0.15, -0.1) is 0 Å². The number of nitrogens with one attached hydrogen (secondary N) is 1. The van der Waals surface area contributed by atoms with Crippen molar-refractivity contribution in [2.75, 3.05) is 11.9 Å². The topological polar surface area (TPSA) is 71.3 Å². The van der Waals surface area contributed by atoms with Gasteiger partial charge < -0.3 is 14.8 Å². The fraction of sp³-hybridized carbons (Fsp3) is 0.120. The Balaban J connectivity index is 1.84. The Hall–Kier alpha value is -3.34. The van der Waals surface area contributed by atoms with Crippen molar-refractivity contribution in [3.8, 4) is 17.6 Å². The van der Waals surface area contributed by atoms with Crippen LogP contribution in [0, 0.1) is 17.1 Å². The maximum atomic E-state index is 13.4. The van der Waals surface area contributed by atoms with Crippen LogP contribution in [0.2, 0.25) is 5.02 Å². The first kappa shape index (κ1) is 24.3. The van der Waals surface area contributed by atoms with E-state index in [0.29, 0.717) is 44.4 Å². The van der Waals surface area contributed by atoms with E-state index in [-0.39, 0.29) is 18.0 Å². The van der Waals surface area contributed by atoms with E-state index in [1.54, 1.807) is 48.5 Å². The molecule has 3 aromatic carbocycles. The van der Waals surface area contributed by atoms with Crippen LogP contribution in [0.3, 0.4) is 0 Å². The molecule has 0 saturated heterocycles. The van der Waals surface area contributed by atoms with Crippen molar-refractivity contribution in [2.45, 2.75) is 13.5 Å². The van der Waals surface area contributed by atoms with Crippen molar-refractivity contribution in [2.24, 2.45) is 0 Å². The smallest absolute Gasteiger partial charge is 0.266 e. The number of halogens is 3. The molecule has 0 aromatic heterocycles. The maximum Gasteiger partial charge on any atom is 0.266 e. The highest BCUT2D eigenvalue weighted by molar-refractivity contribution is 9.10. The Morgan fingerprint density at radius 1 is 1.15 bits per heavy atom. The fourth-order valence-corrected chi connectivity index (χ4v) is 3.43. The van der Waals surface area contributed by atoms with Crippen LogP contribution < -0.4 is 14.8 Å². The number of anilines is 1. The van der Waals surface area contributed by atoms with Gasteiger partial charge in [0.25, 0.3) is 5.91 Å². The predicted octanol–water partition coefficient (Wildman–Crippen LogP) is 6.76. The van der Waals surface area contributed by atoms with E-state index in [0.717, 1.165) is 0 Å². The van der Waals surface area contributed by atoms with Gasteiger partial charge in [0.15, 0.2) is 11.5 Å². The number of amides is 1. The summed E-state index contributed by atoms with van der Waals surface area (Å²) >= 11 is 9.32. The maximum absolute atomic E-state index is 13.4. The van der Waals surface area contributed by atoms with Gasteiger partial charge in [-0.05, 0) is 72.7 Å². The molecule has 5 nitrogen and oxygen atoms in total. The molecule has 0 aliphatic rings. The molecule has 0 heterocycles. The number of rotatable bonds is 8. The van der Waals surface area contributed by atoms with Crippen LogP contribution in [0.4, 0.5) is 10.1 Å². The number of ether oxygens (including phenoxy) is 2. The lowest BCUT2D eigenvalue weighted by Gasteiger charge is -2.14. The minimum atomic E-state index is -0.559. The summed E-state index contributed by atoms with van der Waals surface area (Å²) in [5.74, 6) is -0.0344. The highest BCUT2D eigenvalue weighted by atomic mass is 79.9.